The highest BCUT2D eigenvalue weighted by molar-refractivity contribution is 7.80. The topological polar surface area (TPSA) is 82.6 Å². The number of rotatable bonds is 6. The summed E-state index contributed by atoms with van der Waals surface area (Å²) in [6, 6.07) is 11.7. The number of methoxy groups -OCH3 is 1. The van der Waals surface area contributed by atoms with Gasteiger partial charge in [-0.1, -0.05) is 0 Å². The van der Waals surface area contributed by atoms with Crippen molar-refractivity contribution in [2.45, 2.75) is 18.8 Å². The number of nitrogens with zero attached hydrogens (tertiary/aromatic N) is 4. The monoisotopic (exact) mass is 496 g/mol. The lowest BCUT2D eigenvalue weighted by molar-refractivity contribution is 0.102. The van der Waals surface area contributed by atoms with Gasteiger partial charge in [-0.15, -0.1) is 11.3 Å². The van der Waals surface area contributed by atoms with Crippen molar-refractivity contribution in [2.75, 3.05) is 49.8 Å². The number of carbonyl (C=O) groups excluding carboxylic acids is 1. The Morgan fingerprint density at radius 3 is 2.59 bits per heavy atom. The van der Waals surface area contributed by atoms with E-state index in [1.165, 1.54) is 18.4 Å². The number of pyridine rings is 1. The molecule has 2 aromatic heterocycles. The van der Waals surface area contributed by atoms with Crippen molar-refractivity contribution in [3.8, 4) is 5.88 Å². The maximum atomic E-state index is 12.7. The van der Waals surface area contributed by atoms with Crippen molar-refractivity contribution in [1.29, 1.82) is 0 Å². The van der Waals surface area contributed by atoms with Crippen molar-refractivity contribution in [3.05, 3.63) is 58.7 Å². The van der Waals surface area contributed by atoms with E-state index < -0.39 is 0 Å². The summed E-state index contributed by atoms with van der Waals surface area (Å²) in [5, 5.41) is 9.70. The molecule has 3 heterocycles. The second kappa shape index (κ2) is 10.8. The number of nitrogens with one attached hydrogen (secondary N) is 2. The molecule has 0 atom stereocenters. The van der Waals surface area contributed by atoms with Crippen LogP contribution in [0.15, 0.2) is 48.0 Å². The first-order valence-corrected chi connectivity index (χ1v) is 12.3. The van der Waals surface area contributed by atoms with Crippen molar-refractivity contribution in [1.82, 2.24) is 14.9 Å². The third-order valence-corrected chi connectivity index (χ3v) is 7.10. The van der Waals surface area contributed by atoms with Gasteiger partial charge in [0.15, 0.2) is 5.11 Å². The van der Waals surface area contributed by atoms with Gasteiger partial charge in [0.25, 0.3) is 5.91 Å². The molecule has 0 spiro atoms. The molecule has 1 aliphatic rings. The van der Waals surface area contributed by atoms with Crippen LogP contribution in [-0.2, 0) is 0 Å². The summed E-state index contributed by atoms with van der Waals surface area (Å²) in [6.07, 6.45) is 3.49. The Bertz CT molecular complexity index is 1140. The molecule has 0 radical (unpaired) electrons. The standard InChI is InChI=1S/C24H28N6O2S2/c1-29(2)18-8-6-17(7-9-18)26-24(33)30-13-10-16(11-14-30)23-28-20(15-34-23)21(31)27-19-5-4-12-25-22(19)32-3/h4-9,12,15-16H,10-11,13-14H2,1-3H3,(H,26,33)(H,27,31). The Balaban J connectivity index is 1.30. The summed E-state index contributed by atoms with van der Waals surface area (Å²) in [6.45, 7) is 1.69. The van der Waals surface area contributed by atoms with E-state index in [9.17, 15) is 4.79 Å². The molecule has 1 amide bonds. The van der Waals surface area contributed by atoms with E-state index in [2.05, 4.69) is 42.5 Å². The number of aromatic nitrogens is 2. The second-order valence-corrected chi connectivity index (χ2v) is 9.49. The first kappa shape index (κ1) is 23.9. The minimum absolute atomic E-state index is 0.267. The molecule has 2 N–H and O–H groups in total. The predicted molar refractivity (Wildman–Crippen MR) is 141 cm³/mol. The van der Waals surface area contributed by atoms with E-state index in [1.807, 2.05) is 31.6 Å². The first-order valence-electron chi connectivity index (χ1n) is 11.0. The molecule has 1 fully saturated rings. The van der Waals surface area contributed by atoms with Crippen LogP contribution in [0.2, 0.25) is 0 Å². The average molecular weight is 497 g/mol. The fraction of sp³-hybridized carbons (Fsp3) is 0.333. The molecule has 1 aliphatic heterocycles. The van der Waals surface area contributed by atoms with Crippen molar-refractivity contribution < 1.29 is 9.53 Å². The number of ether oxygens (including phenoxy) is 1. The zero-order chi connectivity index (χ0) is 24.1. The van der Waals surface area contributed by atoms with Gasteiger partial charge < -0.3 is 25.2 Å². The van der Waals surface area contributed by atoms with Gasteiger partial charge in [-0.05, 0) is 61.5 Å². The summed E-state index contributed by atoms with van der Waals surface area (Å²) in [5.74, 6) is 0.423. The Hall–Kier alpha value is -3.24. The van der Waals surface area contributed by atoms with Crippen LogP contribution >= 0.6 is 23.6 Å². The van der Waals surface area contributed by atoms with Gasteiger partial charge in [-0.25, -0.2) is 9.97 Å². The van der Waals surface area contributed by atoms with Gasteiger partial charge in [0.05, 0.1) is 12.1 Å². The quantitative estimate of drug-likeness (QED) is 0.485. The largest absolute Gasteiger partial charge is 0.480 e. The van der Waals surface area contributed by atoms with Gasteiger partial charge in [0, 0.05) is 56.1 Å². The zero-order valence-corrected chi connectivity index (χ0v) is 21.1. The second-order valence-electron chi connectivity index (χ2n) is 8.22. The highest BCUT2D eigenvalue weighted by atomic mass is 32.1. The minimum atomic E-state index is -0.267. The maximum absolute atomic E-state index is 12.7. The lowest BCUT2D eigenvalue weighted by atomic mass is 9.98. The molecule has 0 aliphatic carbocycles. The van der Waals surface area contributed by atoms with Crippen LogP contribution < -0.4 is 20.3 Å². The van der Waals surface area contributed by atoms with Gasteiger partial charge in [0.2, 0.25) is 5.88 Å². The Labute approximate surface area is 209 Å². The highest BCUT2D eigenvalue weighted by Crippen LogP contribution is 2.31. The summed E-state index contributed by atoms with van der Waals surface area (Å²) < 4.78 is 5.20. The van der Waals surface area contributed by atoms with Crippen LogP contribution in [-0.4, -0.2) is 60.2 Å². The molecule has 1 saturated heterocycles. The average Bonchev–Trinajstić information content (AvgIpc) is 3.35. The molecular weight excluding hydrogens is 468 g/mol. The smallest absolute Gasteiger partial charge is 0.275 e. The van der Waals surface area contributed by atoms with Gasteiger partial charge in [-0.3, -0.25) is 4.79 Å². The molecule has 0 unspecified atom stereocenters. The highest BCUT2D eigenvalue weighted by Gasteiger charge is 2.25. The molecule has 8 nitrogen and oxygen atoms in total. The van der Waals surface area contributed by atoms with E-state index in [0.29, 0.717) is 23.2 Å². The molecule has 0 saturated carbocycles. The number of thiocarbonyl (C=S) groups is 1. The number of likely N-dealkylation sites (tertiary alicyclic amines) is 1. The number of piperidine rings is 1. The number of carbonyl (C=O) groups is 1. The SMILES string of the molecule is COc1ncccc1NC(=O)c1csc(C2CCN(C(=S)Nc3ccc(N(C)C)cc3)CC2)n1. The predicted octanol–water partition coefficient (Wildman–Crippen LogP) is 4.44. The van der Waals surface area contributed by atoms with Crippen LogP contribution in [0.3, 0.4) is 0 Å². The van der Waals surface area contributed by atoms with Gasteiger partial charge in [-0.2, -0.15) is 0 Å². The van der Waals surface area contributed by atoms with Gasteiger partial charge >= 0.3 is 0 Å². The molecule has 1 aromatic carbocycles. The summed E-state index contributed by atoms with van der Waals surface area (Å²) in [4.78, 5) is 25.7. The molecule has 178 valence electrons. The lowest BCUT2D eigenvalue weighted by Gasteiger charge is -2.33. The van der Waals surface area contributed by atoms with Crippen molar-refractivity contribution >= 4 is 51.6 Å². The van der Waals surface area contributed by atoms with E-state index >= 15 is 0 Å². The third kappa shape index (κ3) is 5.63. The Kier molecular flexibility index (Phi) is 7.59. The Morgan fingerprint density at radius 2 is 1.91 bits per heavy atom. The molecule has 0 bridgehead atoms. The van der Waals surface area contributed by atoms with E-state index in [4.69, 9.17) is 17.0 Å². The summed E-state index contributed by atoms with van der Waals surface area (Å²) >= 11 is 7.17. The zero-order valence-electron chi connectivity index (χ0n) is 19.4. The Morgan fingerprint density at radius 1 is 1.18 bits per heavy atom. The minimum Gasteiger partial charge on any atom is -0.480 e. The summed E-state index contributed by atoms with van der Waals surface area (Å²) in [7, 11) is 5.56. The number of hydrogen-bond acceptors (Lipinski definition) is 7. The normalized spacial score (nSPS) is 13.9. The fourth-order valence-corrected chi connectivity index (χ4v) is 5.06. The number of benzene rings is 1. The molecular formula is C24H28N6O2S2. The van der Waals surface area contributed by atoms with Crippen LogP contribution in [0.1, 0.15) is 34.3 Å². The van der Waals surface area contributed by atoms with Crippen LogP contribution in [0, 0.1) is 0 Å². The molecule has 10 heteroatoms. The van der Waals surface area contributed by atoms with E-state index in [1.54, 1.807) is 18.3 Å². The van der Waals surface area contributed by atoms with Crippen molar-refractivity contribution in [3.63, 3.8) is 0 Å². The number of anilines is 3. The van der Waals surface area contributed by atoms with Crippen LogP contribution in [0.4, 0.5) is 17.1 Å². The third-order valence-electron chi connectivity index (χ3n) is 5.73. The maximum Gasteiger partial charge on any atom is 0.275 e. The molecule has 34 heavy (non-hydrogen) atoms. The van der Waals surface area contributed by atoms with Crippen molar-refractivity contribution in [2.24, 2.45) is 0 Å². The van der Waals surface area contributed by atoms with Gasteiger partial charge in [0.1, 0.15) is 11.4 Å². The molecule has 3 aromatic rings. The van der Waals surface area contributed by atoms with Crippen LogP contribution in [0.5, 0.6) is 5.88 Å². The number of thiazole rings is 1. The molecule has 4 rings (SSSR count). The van der Waals surface area contributed by atoms with E-state index in [0.717, 1.165) is 47.4 Å². The lowest BCUT2D eigenvalue weighted by Crippen LogP contribution is -2.40. The number of amides is 1. The summed E-state index contributed by atoms with van der Waals surface area (Å²) in [5.41, 5.74) is 3.06. The van der Waals surface area contributed by atoms with Crippen LogP contribution in [0.25, 0.3) is 0 Å². The fourth-order valence-electron chi connectivity index (χ4n) is 3.79. The number of hydrogen-bond donors (Lipinski definition) is 2. The first-order chi connectivity index (χ1) is 16.4. The van der Waals surface area contributed by atoms with E-state index in [-0.39, 0.29) is 5.91 Å².